The Balaban J connectivity index is 1.47. The van der Waals surface area contributed by atoms with Crippen molar-refractivity contribution < 1.29 is 4.79 Å². The summed E-state index contributed by atoms with van der Waals surface area (Å²) in [6.45, 7) is 4.82. The molecule has 0 bridgehead atoms. The van der Waals surface area contributed by atoms with E-state index in [9.17, 15) is 4.79 Å². The van der Waals surface area contributed by atoms with Crippen molar-refractivity contribution in [2.45, 2.75) is 20.4 Å². The van der Waals surface area contributed by atoms with Crippen LogP contribution in [-0.4, -0.2) is 15.6 Å². The smallest absolute Gasteiger partial charge is 0.264 e. The van der Waals surface area contributed by atoms with Crippen molar-refractivity contribution in [1.29, 1.82) is 0 Å². The van der Waals surface area contributed by atoms with Crippen LogP contribution >= 0.6 is 23.4 Å². The number of nitrogens with one attached hydrogen (secondary N) is 1. The lowest BCUT2D eigenvalue weighted by Crippen LogP contribution is -2.19. The Morgan fingerprint density at radius 2 is 1.91 bits per heavy atom. The van der Waals surface area contributed by atoms with Crippen LogP contribution in [0.4, 0.5) is 5.69 Å². The molecule has 0 radical (unpaired) electrons. The van der Waals surface area contributed by atoms with Gasteiger partial charge in [0.25, 0.3) is 5.91 Å². The molecule has 1 fully saturated rings. The maximum absolute atomic E-state index is 12.7. The summed E-state index contributed by atoms with van der Waals surface area (Å²) in [5.41, 5.74) is 6.34. The van der Waals surface area contributed by atoms with Crippen molar-refractivity contribution in [2.75, 3.05) is 0 Å². The summed E-state index contributed by atoms with van der Waals surface area (Å²) in [5, 5.41) is 5.18. The number of carbonyl (C=O) groups is 1. The van der Waals surface area contributed by atoms with Crippen LogP contribution in [0.2, 0.25) is 5.02 Å². The van der Waals surface area contributed by atoms with Crippen molar-refractivity contribution in [3.05, 3.63) is 105 Å². The minimum Gasteiger partial charge on any atom is -0.342 e. The molecule has 1 aliphatic rings. The van der Waals surface area contributed by atoms with E-state index in [4.69, 9.17) is 11.6 Å². The first-order valence-electron chi connectivity index (χ1n) is 10.7. The van der Waals surface area contributed by atoms with Gasteiger partial charge in [-0.15, -0.1) is 0 Å². The number of rotatable bonds is 4. The number of hydrogen-bond donors (Lipinski definition) is 1. The minimum absolute atomic E-state index is 0.146. The van der Waals surface area contributed by atoms with Crippen LogP contribution in [0.15, 0.2) is 82.8 Å². The number of amidine groups is 1. The van der Waals surface area contributed by atoms with Gasteiger partial charge >= 0.3 is 0 Å². The molecule has 164 valence electrons. The molecule has 1 amide bonds. The molecule has 2 heterocycles. The number of aryl methyl sites for hydroxylation is 2. The number of hydrogen-bond acceptors (Lipinski definition) is 3. The number of benzene rings is 3. The van der Waals surface area contributed by atoms with Gasteiger partial charge in [0.05, 0.1) is 10.6 Å². The SMILES string of the molecule is Cc1cccc(Cn2cc(/C=C3\SC(=Nc4ccc(C)c(Cl)c4)NC3=O)c3ccccc32)c1. The average Bonchev–Trinajstić information content (AvgIpc) is 3.31. The van der Waals surface area contributed by atoms with Crippen molar-refractivity contribution in [2.24, 2.45) is 4.99 Å². The van der Waals surface area contributed by atoms with E-state index in [1.807, 2.05) is 37.3 Å². The first-order chi connectivity index (χ1) is 16.0. The highest BCUT2D eigenvalue weighted by Crippen LogP contribution is 2.32. The van der Waals surface area contributed by atoms with E-state index in [1.54, 1.807) is 6.07 Å². The molecular formula is C27H22ClN3OS. The van der Waals surface area contributed by atoms with Gasteiger partial charge in [-0.3, -0.25) is 4.79 Å². The van der Waals surface area contributed by atoms with Gasteiger partial charge in [0.15, 0.2) is 5.17 Å². The molecule has 1 saturated heterocycles. The fourth-order valence-electron chi connectivity index (χ4n) is 3.92. The summed E-state index contributed by atoms with van der Waals surface area (Å²) in [6, 6.07) is 22.4. The van der Waals surface area contributed by atoms with Gasteiger partial charge in [-0.1, -0.05) is 65.7 Å². The lowest BCUT2D eigenvalue weighted by molar-refractivity contribution is -0.115. The molecule has 4 nitrogen and oxygen atoms in total. The lowest BCUT2D eigenvalue weighted by Gasteiger charge is -2.06. The van der Waals surface area contributed by atoms with E-state index in [1.165, 1.54) is 22.9 Å². The first kappa shape index (κ1) is 21.6. The molecule has 0 aliphatic carbocycles. The van der Waals surface area contributed by atoms with Crippen LogP contribution in [0.3, 0.4) is 0 Å². The molecule has 3 aromatic carbocycles. The Morgan fingerprint density at radius 1 is 1.06 bits per heavy atom. The second kappa shape index (κ2) is 8.93. The third-order valence-corrected chi connectivity index (χ3v) is 6.90. The first-order valence-corrected chi connectivity index (χ1v) is 11.8. The minimum atomic E-state index is -0.146. The summed E-state index contributed by atoms with van der Waals surface area (Å²) >= 11 is 7.55. The summed E-state index contributed by atoms with van der Waals surface area (Å²) in [4.78, 5) is 17.8. The highest BCUT2D eigenvalue weighted by atomic mass is 35.5. The average molecular weight is 472 g/mol. The monoisotopic (exact) mass is 471 g/mol. The van der Waals surface area contributed by atoms with E-state index in [-0.39, 0.29) is 5.91 Å². The molecule has 0 saturated carbocycles. The van der Waals surface area contributed by atoms with E-state index < -0.39 is 0 Å². The largest absolute Gasteiger partial charge is 0.342 e. The molecule has 33 heavy (non-hydrogen) atoms. The molecule has 1 aromatic heterocycles. The van der Waals surface area contributed by atoms with E-state index >= 15 is 0 Å². The number of nitrogens with zero attached hydrogens (tertiary/aromatic N) is 2. The molecule has 4 aromatic rings. The summed E-state index contributed by atoms with van der Waals surface area (Å²) in [7, 11) is 0. The summed E-state index contributed by atoms with van der Waals surface area (Å²) < 4.78 is 2.23. The van der Waals surface area contributed by atoms with E-state index in [2.05, 4.69) is 64.4 Å². The number of para-hydroxylation sites is 1. The van der Waals surface area contributed by atoms with Crippen molar-refractivity contribution in [1.82, 2.24) is 9.88 Å². The second-order valence-electron chi connectivity index (χ2n) is 8.13. The van der Waals surface area contributed by atoms with Gasteiger partial charge in [0.2, 0.25) is 0 Å². The third kappa shape index (κ3) is 4.61. The van der Waals surface area contributed by atoms with Crippen LogP contribution in [0.5, 0.6) is 0 Å². The van der Waals surface area contributed by atoms with Crippen LogP contribution in [0.25, 0.3) is 17.0 Å². The van der Waals surface area contributed by atoms with Crippen LogP contribution in [0, 0.1) is 13.8 Å². The van der Waals surface area contributed by atoms with Gasteiger partial charge in [-0.25, -0.2) is 4.99 Å². The third-order valence-electron chi connectivity index (χ3n) is 5.58. The van der Waals surface area contributed by atoms with E-state index in [0.29, 0.717) is 20.8 Å². The van der Waals surface area contributed by atoms with Gasteiger partial charge in [0.1, 0.15) is 0 Å². The highest BCUT2D eigenvalue weighted by molar-refractivity contribution is 8.18. The number of amides is 1. The normalized spacial score (nSPS) is 16.2. The zero-order chi connectivity index (χ0) is 22.9. The van der Waals surface area contributed by atoms with Crippen molar-refractivity contribution in [3.8, 4) is 0 Å². The van der Waals surface area contributed by atoms with E-state index in [0.717, 1.165) is 28.6 Å². The van der Waals surface area contributed by atoms with Crippen LogP contribution in [0.1, 0.15) is 22.3 Å². The van der Waals surface area contributed by atoms with Gasteiger partial charge in [-0.2, -0.15) is 0 Å². The van der Waals surface area contributed by atoms with Crippen LogP contribution < -0.4 is 5.32 Å². The maximum atomic E-state index is 12.7. The molecule has 5 rings (SSSR count). The zero-order valence-electron chi connectivity index (χ0n) is 18.3. The summed E-state index contributed by atoms with van der Waals surface area (Å²) in [5.74, 6) is -0.146. The highest BCUT2D eigenvalue weighted by Gasteiger charge is 2.24. The van der Waals surface area contributed by atoms with Crippen LogP contribution in [-0.2, 0) is 11.3 Å². The predicted octanol–water partition coefficient (Wildman–Crippen LogP) is 6.85. The predicted molar refractivity (Wildman–Crippen MR) is 139 cm³/mol. The second-order valence-corrected chi connectivity index (χ2v) is 9.57. The fourth-order valence-corrected chi connectivity index (χ4v) is 4.93. The van der Waals surface area contributed by atoms with Gasteiger partial charge in [0, 0.05) is 34.2 Å². The fraction of sp³-hybridized carbons (Fsp3) is 0.111. The Bertz CT molecular complexity index is 1450. The number of fused-ring (bicyclic) bond motifs is 1. The quantitative estimate of drug-likeness (QED) is 0.331. The summed E-state index contributed by atoms with van der Waals surface area (Å²) in [6.07, 6.45) is 4.06. The Labute approximate surface area is 202 Å². The standard InChI is InChI=1S/C27H22ClN3OS/c1-17-6-5-7-19(12-17)15-31-16-20(22-8-3-4-9-24(22)31)13-25-26(32)30-27(33-25)29-21-11-10-18(2)23(28)14-21/h3-14,16H,15H2,1-2H3,(H,29,30,32)/b25-13-. The number of halogens is 1. The Hall–Kier alpha value is -3.28. The molecule has 0 spiro atoms. The molecule has 1 aliphatic heterocycles. The zero-order valence-corrected chi connectivity index (χ0v) is 19.9. The lowest BCUT2D eigenvalue weighted by atomic mass is 10.1. The number of carbonyl (C=O) groups excluding carboxylic acids is 1. The molecular weight excluding hydrogens is 450 g/mol. The Kier molecular flexibility index (Phi) is 5.83. The Morgan fingerprint density at radius 3 is 2.73 bits per heavy atom. The number of aliphatic imine (C=N–C) groups is 1. The van der Waals surface area contributed by atoms with Crippen molar-refractivity contribution >= 4 is 57.1 Å². The maximum Gasteiger partial charge on any atom is 0.264 e. The molecule has 1 N–H and O–H groups in total. The van der Waals surface area contributed by atoms with Gasteiger partial charge in [-0.05, 0) is 61.0 Å². The topological polar surface area (TPSA) is 46.4 Å². The molecule has 0 unspecified atom stereocenters. The molecule has 0 atom stereocenters. The number of thioether (sulfide) groups is 1. The molecule has 6 heteroatoms. The number of aromatic nitrogens is 1. The van der Waals surface area contributed by atoms with Crippen molar-refractivity contribution in [3.63, 3.8) is 0 Å². The van der Waals surface area contributed by atoms with Gasteiger partial charge < -0.3 is 9.88 Å².